The van der Waals surface area contributed by atoms with E-state index in [1.807, 2.05) is 27.7 Å². The number of ether oxygens (including phenoxy) is 2. The number of esters is 1. The fourth-order valence-electron chi connectivity index (χ4n) is 3.52. The lowest BCUT2D eigenvalue weighted by molar-refractivity contribution is -0.155. The Morgan fingerprint density at radius 3 is 2.15 bits per heavy atom. The highest BCUT2D eigenvalue weighted by Gasteiger charge is 2.22. The Bertz CT molecular complexity index is 1270. The van der Waals surface area contributed by atoms with Crippen LogP contribution in [0.25, 0.3) is 11.3 Å². The Morgan fingerprint density at radius 2 is 1.62 bits per heavy atom. The molecule has 1 unspecified atom stereocenters. The van der Waals surface area contributed by atoms with Crippen LogP contribution in [0, 0.1) is 5.92 Å². The first kappa shape index (κ1) is 32.0. The molecule has 1 amide bonds. The Morgan fingerprint density at radius 1 is 1.00 bits per heavy atom. The Labute approximate surface area is 233 Å². The molecule has 1 heterocycles. The summed E-state index contributed by atoms with van der Waals surface area (Å²) in [5, 5.41) is 5.70. The van der Waals surface area contributed by atoms with Crippen LogP contribution in [-0.4, -0.2) is 48.8 Å². The van der Waals surface area contributed by atoms with Gasteiger partial charge in [0, 0.05) is 27.9 Å². The zero-order chi connectivity index (χ0) is 29.7. The summed E-state index contributed by atoms with van der Waals surface area (Å²) in [5.41, 5.74) is -0.903. The number of nitrogens with zero attached hydrogens (tertiary/aromatic N) is 2. The van der Waals surface area contributed by atoms with Crippen molar-refractivity contribution in [2.75, 3.05) is 16.4 Å². The van der Waals surface area contributed by atoms with Crippen LogP contribution in [0.15, 0.2) is 34.1 Å². The van der Waals surface area contributed by atoms with Crippen LogP contribution in [0.1, 0.15) is 69.2 Å². The highest BCUT2D eigenvalue weighted by atomic mass is 32.2. The van der Waals surface area contributed by atoms with E-state index in [1.54, 1.807) is 59.7 Å². The summed E-state index contributed by atoms with van der Waals surface area (Å²) < 4.78 is 25.3. The second-order valence-corrected chi connectivity index (χ2v) is 13.5. The Kier molecular flexibility index (Phi) is 10.5. The van der Waals surface area contributed by atoms with Crippen LogP contribution in [-0.2, 0) is 31.6 Å². The van der Waals surface area contributed by atoms with Gasteiger partial charge in [-0.3, -0.25) is 23.7 Å². The van der Waals surface area contributed by atoms with Crippen LogP contribution >= 0.6 is 0 Å². The summed E-state index contributed by atoms with van der Waals surface area (Å²) in [7, 11) is -1.39. The van der Waals surface area contributed by atoms with Gasteiger partial charge in [0.05, 0.1) is 22.7 Å². The molecule has 0 spiro atoms. The fourth-order valence-corrected chi connectivity index (χ4v) is 4.84. The smallest absolute Gasteiger partial charge is 0.412 e. The molecule has 0 aliphatic heterocycles. The van der Waals surface area contributed by atoms with Crippen molar-refractivity contribution in [3.63, 3.8) is 0 Å². The molecule has 1 aromatic carbocycles. The molecule has 0 aliphatic carbocycles. The van der Waals surface area contributed by atoms with Gasteiger partial charge in [0.25, 0.3) is 5.56 Å². The van der Waals surface area contributed by atoms with Gasteiger partial charge < -0.3 is 14.8 Å². The van der Waals surface area contributed by atoms with Gasteiger partial charge in [-0.15, -0.1) is 0 Å². The van der Waals surface area contributed by atoms with E-state index in [-0.39, 0.29) is 24.3 Å². The number of anilines is 2. The maximum atomic E-state index is 13.5. The number of amides is 1. The van der Waals surface area contributed by atoms with Gasteiger partial charge in [0.1, 0.15) is 17.7 Å². The minimum atomic E-state index is -1.39. The first-order valence-corrected chi connectivity index (χ1v) is 14.3. The van der Waals surface area contributed by atoms with Gasteiger partial charge in [-0.25, -0.2) is 9.78 Å². The topological polar surface area (TPSA) is 129 Å². The van der Waals surface area contributed by atoms with Crippen molar-refractivity contribution >= 4 is 34.4 Å². The van der Waals surface area contributed by atoms with Gasteiger partial charge in [-0.05, 0) is 79.5 Å². The predicted octanol–water partition coefficient (Wildman–Crippen LogP) is 5.18. The first-order valence-electron chi connectivity index (χ1n) is 13.0. The van der Waals surface area contributed by atoms with Gasteiger partial charge in [0.15, 0.2) is 5.82 Å². The second kappa shape index (κ2) is 12.8. The summed E-state index contributed by atoms with van der Waals surface area (Å²) in [5.74, 6) is 0.0449. The lowest BCUT2D eigenvalue weighted by Gasteiger charge is -2.22. The molecule has 1 aromatic heterocycles. The lowest BCUT2D eigenvalue weighted by Crippen LogP contribution is -2.33. The zero-order valence-corrected chi connectivity index (χ0v) is 25.4. The number of carbonyl (C=O) groups is 2. The molecule has 1 atom stereocenters. The molecule has 2 rings (SSSR count). The van der Waals surface area contributed by atoms with Crippen molar-refractivity contribution in [3.8, 4) is 11.3 Å². The molecule has 2 aromatic rings. The maximum Gasteiger partial charge on any atom is 0.412 e. The second-order valence-electron chi connectivity index (χ2n) is 12.0. The number of carbonyl (C=O) groups excluding carboxylic acids is 2. The average Bonchev–Trinajstić information content (AvgIpc) is 2.72. The lowest BCUT2D eigenvalue weighted by atomic mass is 10.1. The summed E-state index contributed by atoms with van der Waals surface area (Å²) in [6.45, 7) is 17.8. The monoisotopic (exact) mass is 562 g/mol. The van der Waals surface area contributed by atoms with E-state index in [9.17, 15) is 18.6 Å². The Balaban J connectivity index is 2.70. The largest absolute Gasteiger partial charge is 0.459 e. The molecular weight excluding hydrogens is 520 g/mol. The van der Waals surface area contributed by atoms with Crippen molar-refractivity contribution in [2.45, 2.75) is 97.9 Å². The zero-order valence-electron chi connectivity index (χ0n) is 24.6. The van der Waals surface area contributed by atoms with E-state index in [4.69, 9.17) is 9.47 Å². The van der Waals surface area contributed by atoms with Crippen LogP contribution in [0.3, 0.4) is 0 Å². The first-order chi connectivity index (χ1) is 17.8. The van der Waals surface area contributed by atoms with Crippen molar-refractivity contribution in [1.29, 1.82) is 0 Å². The highest BCUT2D eigenvalue weighted by Crippen LogP contribution is 2.28. The molecule has 0 radical (unpaired) electrons. The van der Waals surface area contributed by atoms with E-state index in [2.05, 4.69) is 15.6 Å². The minimum Gasteiger partial charge on any atom is -0.459 e. The van der Waals surface area contributed by atoms with Gasteiger partial charge in [0.2, 0.25) is 0 Å². The quantitative estimate of drug-likeness (QED) is 0.400. The molecule has 0 saturated heterocycles. The SMILES string of the molecule is CC(C)CS(=O)c1cc(NC(=O)OC(C)(C)C)cc(-c2cnc(NC(C)C)c(=O)n2CC(=O)OC(C)(C)C)c1. The molecule has 11 heteroatoms. The third-order valence-corrected chi connectivity index (χ3v) is 6.51. The molecule has 0 aliphatic rings. The molecule has 0 fully saturated rings. The third kappa shape index (κ3) is 10.5. The summed E-state index contributed by atoms with van der Waals surface area (Å²) >= 11 is 0. The van der Waals surface area contributed by atoms with E-state index < -0.39 is 39.6 Å². The minimum absolute atomic E-state index is 0.0718. The molecule has 0 bridgehead atoms. The van der Waals surface area contributed by atoms with Crippen LogP contribution in [0.5, 0.6) is 0 Å². The van der Waals surface area contributed by atoms with Gasteiger partial charge in [-0.2, -0.15) is 0 Å². The third-order valence-electron chi connectivity index (χ3n) is 4.78. The van der Waals surface area contributed by atoms with E-state index in [0.717, 1.165) is 0 Å². The number of nitrogens with one attached hydrogen (secondary N) is 2. The van der Waals surface area contributed by atoms with Crippen LogP contribution < -0.4 is 16.2 Å². The molecular formula is C28H42N4O6S. The van der Waals surface area contributed by atoms with Crippen molar-refractivity contribution in [3.05, 3.63) is 34.7 Å². The van der Waals surface area contributed by atoms with Gasteiger partial charge in [-0.1, -0.05) is 13.8 Å². The van der Waals surface area contributed by atoms with Crippen molar-refractivity contribution in [2.24, 2.45) is 5.92 Å². The molecule has 216 valence electrons. The van der Waals surface area contributed by atoms with Gasteiger partial charge >= 0.3 is 12.1 Å². The summed E-state index contributed by atoms with van der Waals surface area (Å²) in [6, 6.07) is 4.84. The van der Waals surface area contributed by atoms with Crippen LogP contribution in [0.4, 0.5) is 16.3 Å². The van der Waals surface area contributed by atoms with Crippen LogP contribution in [0.2, 0.25) is 0 Å². The summed E-state index contributed by atoms with van der Waals surface area (Å²) in [6.07, 6.45) is 0.791. The number of hydrogen-bond acceptors (Lipinski definition) is 8. The average molecular weight is 563 g/mol. The number of hydrogen-bond donors (Lipinski definition) is 2. The van der Waals surface area contributed by atoms with Crippen molar-refractivity contribution in [1.82, 2.24) is 9.55 Å². The fraction of sp³-hybridized carbons (Fsp3) is 0.571. The highest BCUT2D eigenvalue weighted by molar-refractivity contribution is 7.85. The maximum absolute atomic E-state index is 13.5. The van der Waals surface area contributed by atoms with E-state index in [0.29, 0.717) is 27.6 Å². The standard InChI is InChI=1S/C28H42N4O6S/c1-17(2)16-39(36)21-12-19(11-20(13-21)31-26(35)38-28(8,9)10)22-14-29-24(30-18(3)4)25(34)32(22)15-23(33)37-27(5,6)7/h11-14,17-18H,15-16H2,1-10H3,(H,29,30)(H,31,35). The molecule has 2 N–H and O–H groups in total. The molecule has 39 heavy (non-hydrogen) atoms. The number of benzene rings is 1. The van der Waals surface area contributed by atoms with Crippen molar-refractivity contribution < 1.29 is 23.3 Å². The normalized spacial score (nSPS) is 12.8. The number of rotatable bonds is 9. The predicted molar refractivity (Wildman–Crippen MR) is 155 cm³/mol. The molecule has 0 saturated carbocycles. The van der Waals surface area contributed by atoms with E-state index >= 15 is 0 Å². The molecule has 10 nitrogen and oxygen atoms in total. The Hall–Kier alpha value is -3.21. The number of aromatic nitrogens is 2. The van der Waals surface area contributed by atoms with E-state index in [1.165, 1.54) is 10.8 Å². The summed E-state index contributed by atoms with van der Waals surface area (Å²) in [4.78, 5) is 43.6.